The molecule has 1 aromatic carbocycles. The van der Waals surface area contributed by atoms with Crippen LogP contribution in [0.2, 0.25) is 0 Å². The second-order valence-electron chi connectivity index (χ2n) is 6.11. The number of anilines is 1. The van der Waals surface area contributed by atoms with E-state index in [-0.39, 0.29) is 23.4 Å². The van der Waals surface area contributed by atoms with E-state index < -0.39 is 4.92 Å². The summed E-state index contributed by atoms with van der Waals surface area (Å²) in [4.78, 5) is 13.1. The van der Waals surface area contributed by atoms with E-state index in [4.69, 9.17) is 0 Å². The minimum absolute atomic E-state index is 0.0498. The third-order valence-electron chi connectivity index (χ3n) is 4.71. The van der Waals surface area contributed by atoms with Gasteiger partial charge in [0.1, 0.15) is 5.75 Å². The summed E-state index contributed by atoms with van der Waals surface area (Å²) in [6, 6.07) is 7.16. The Morgan fingerprint density at radius 3 is 2.91 bits per heavy atom. The van der Waals surface area contributed by atoms with Crippen LogP contribution in [-0.2, 0) is 0 Å². The summed E-state index contributed by atoms with van der Waals surface area (Å²) in [6.07, 6.45) is 5.18. The van der Waals surface area contributed by atoms with Crippen molar-refractivity contribution in [3.8, 4) is 5.75 Å². The lowest BCUT2D eigenvalue weighted by Crippen LogP contribution is -2.28. The Hall–Kier alpha value is -2.34. The summed E-state index contributed by atoms with van der Waals surface area (Å²) in [6.45, 7) is 2.08. The molecule has 1 aliphatic carbocycles. The minimum atomic E-state index is -0.456. The summed E-state index contributed by atoms with van der Waals surface area (Å²) in [5.41, 5.74) is 1.38. The van der Waals surface area contributed by atoms with Gasteiger partial charge in [-0.3, -0.25) is 10.1 Å². The Kier molecular flexibility index (Phi) is 3.16. The lowest BCUT2D eigenvalue weighted by molar-refractivity contribution is -0.385. The molecule has 6 heteroatoms. The van der Waals surface area contributed by atoms with E-state index in [1.807, 2.05) is 0 Å². The summed E-state index contributed by atoms with van der Waals surface area (Å²) in [5, 5.41) is 24.8. The fourth-order valence-electron chi connectivity index (χ4n) is 3.67. The molecule has 0 radical (unpaired) electrons. The zero-order chi connectivity index (χ0) is 16.1. The van der Waals surface area contributed by atoms with Crippen LogP contribution in [0.1, 0.15) is 33.7 Å². The van der Waals surface area contributed by atoms with E-state index in [0.717, 1.165) is 12.0 Å². The molecular formula is C17H16N2O3S. The SMILES string of the molecule is Cc1ccc(C2Nc3c(O)cc([N+](=O)[O-])cc3C3C=CCC32)s1. The number of thiophene rings is 1. The summed E-state index contributed by atoms with van der Waals surface area (Å²) < 4.78 is 0. The normalized spacial score (nSPS) is 24.8. The highest BCUT2D eigenvalue weighted by atomic mass is 32.1. The number of nitro benzene ring substituents is 1. The molecule has 1 aromatic heterocycles. The molecule has 1 aliphatic heterocycles. The number of hydrogen-bond acceptors (Lipinski definition) is 5. The Morgan fingerprint density at radius 2 is 2.22 bits per heavy atom. The number of benzene rings is 1. The first-order valence-electron chi connectivity index (χ1n) is 7.55. The van der Waals surface area contributed by atoms with Gasteiger partial charge < -0.3 is 10.4 Å². The summed E-state index contributed by atoms with van der Waals surface area (Å²) in [7, 11) is 0. The quantitative estimate of drug-likeness (QED) is 0.368. The van der Waals surface area contributed by atoms with Crippen molar-refractivity contribution >= 4 is 22.7 Å². The van der Waals surface area contributed by atoms with Crippen molar-refractivity contribution in [2.45, 2.75) is 25.3 Å². The third kappa shape index (κ3) is 2.21. The molecule has 0 amide bonds. The van der Waals surface area contributed by atoms with Crippen molar-refractivity contribution < 1.29 is 10.0 Å². The maximum absolute atomic E-state index is 11.1. The molecule has 118 valence electrons. The van der Waals surface area contributed by atoms with E-state index in [9.17, 15) is 15.2 Å². The topological polar surface area (TPSA) is 75.4 Å². The largest absolute Gasteiger partial charge is 0.506 e. The van der Waals surface area contributed by atoms with Crippen LogP contribution in [0, 0.1) is 23.0 Å². The number of fused-ring (bicyclic) bond motifs is 3. The Morgan fingerprint density at radius 1 is 1.39 bits per heavy atom. The van der Waals surface area contributed by atoms with Crippen LogP contribution in [0.15, 0.2) is 36.4 Å². The summed E-state index contributed by atoms with van der Waals surface area (Å²) >= 11 is 1.75. The van der Waals surface area contributed by atoms with Gasteiger partial charge in [-0.1, -0.05) is 12.2 Å². The Balaban J connectivity index is 1.83. The van der Waals surface area contributed by atoms with Gasteiger partial charge in [0.05, 0.1) is 22.7 Å². The molecule has 0 bridgehead atoms. The van der Waals surface area contributed by atoms with Crippen LogP contribution in [0.3, 0.4) is 0 Å². The van der Waals surface area contributed by atoms with Gasteiger partial charge >= 0.3 is 0 Å². The number of aromatic hydroxyl groups is 1. The first-order chi connectivity index (χ1) is 11.0. The second kappa shape index (κ2) is 5.09. The molecule has 0 saturated carbocycles. The number of allylic oxidation sites excluding steroid dienone is 2. The summed E-state index contributed by atoms with van der Waals surface area (Å²) in [5.74, 6) is 0.373. The van der Waals surface area contributed by atoms with Crippen molar-refractivity contribution in [3.05, 3.63) is 61.8 Å². The fourth-order valence-corrected chi connectivity index (χ4v) is 4.68. The standard InChI is InChI=1S/C17H16N2O3S/c1-9-5-6-15(23-9)17-12-4-2-3-11(12)13-7-10(19(21)22)8-14(20)16(13)18-17/h2-3,5-8,11-12,17-18,20H,4H2,1H3. The first-order valence-corrected chi connectivity index (χ1v) is 8.37. The Labute approximate surface area is 137 Å². The maximum Gasteiger partial charge on any atom is 0.273 e. The van der Waals surface area contributed by atoms with Gasteiger partial charge in [0.15, 0.2) is 0 Å². The van der Waals surface area contributed by atoms with E-state index in [0.29, 0.717) is 11.6 Å². The fraction of sp³-hybridized carbons (Fsp3) is 0.294. The van der Waals surface area contributed by atoms with Gasteiger partial charge in [-0.2, -0.15) is 0 Å². The molecule has 3 atom stereocenters. The van der Waals surface area contributed by atoms with Crippen molar-refractivity contribution in [1.29, 1.82) is 0 Å². The van der Waals surface area contributed by atoms with Gasteiger partial charge in [-0.05, 0) is 37.0 Å². The average Bonchev–Trinajstić information content (AvgIpc) is 3.15. The molecule has 2 heterocycles. The maximum atomic E-state index is 11.1. The monoisotopic (exact) mass is 328 g/mol. The van der Waals surface area contributed by atoms with E-state index >= 15 is 0 Å². The Bertz CT molecular complexity index is 827. The number of phenolic OH excluding ortho intramolecular Hbond substituents is 1. The number of nitrogens with zero attached hydrogens (tertiary/aromatic N) is 1. The molecule has 0 spiro atoms. The number of hydrogen-bond donors (Lipinski definition) is 2. The van der Waals surface area contributed by atoms with Crippen LogP contribution in [0.25, 0.3) is 0 Å². The molecule has 2 aliphatic rings. The van der Waals surface area contributed by atoms with E-state index in [1.54, 1.807) is 17.4 Å². The highest BCUT2D eigenvalue weighted by molar-refractivity contribution is 7.12. The minimum Gasteiger partial charge on any atom is -0.506 e. The van der Waals surface area contributed by atoms with Crippen molar-refractivity contribution in [1.82, 2.24) is 0 Å². The van der Waals surface area contributed by atoms with Gasteiger partial charge in [0.25, 0.3) is 5.69 Å². The van der Waals surface area contributed by atoms with Gasteiger partial charge in [-0.25, -0.2) is 0 Å². The predicted octanol–water partition coefficient (Wildman–Crippen LogP) is 4.50. The highest BCUT2D eigenvalue weighted by Crippen LogP contribution is 2.53. The number of rotatable bonds is 2. The van der Waals surface area contributed by atoms with Gasteiger partial charge in [0.2, 0.25) is 0 Å². The predicted molar refractivity (Wildman–Crippen MR) is 90.2 cm³/mol. The van der Waals surface area contributed by atoms with Crippen molar-refractivity contribution in [2.75, 3.05) is 5.32 Å². The molecule has 0 fully saturated rings. The lowest BCUT2D eigenvalue weighted by atomic mass is 9.78. The highest BCUT2D eigenvalue weighted by Gasteiger charge is 2.40. The van der Waals surface area contributed by atoms with Crippen LogP contribution in [0.5, 0.6) is 5.75 Å². The zero-order valence-corrected chi connectivity index (χ0v) is 13.3. The lowest BCUT2D eigenvalue weighted by Gasteiger charge is -2.36. The number of non-ortho nitro benzene ring substituents is 1. The van der Waals surface area contributed by atoms with Gasteiger partial charge in [0, 0.05) is 21.7 Å². The molecule has 2 N–H and O–H groups in total. The van der Waals surface area contributed by atoms with Crippen LogP contribution in [-0.4, -0.2) is 10.0 Å². The molecule has 0 saturated heterocycles. The smallest absolute Gasteiger partial charge is 0.273 e. The van der Waals surface area contributed by atoms with Crippen LogP contribution in [0.4, 0.5) is 11.4 Å². The van der Waals surface area contributed by atoms with Crippen molar-refractivity contribution in [2.24, 2.45) is 5.92 Å². The van der Waals surface area contributed by atoms with Crippen LogP contribution >= 0.6 is 11.3 Å². The molecule has 2 aromatic rings. The molecule has 5 nitrogen and oxygen atoms in total. The van der Waals surface area contributed by atoms with Crippen molar-refractivity contribution in [3.63, 3.8) is 0 Å². The van der Waals surface area contributed by atoms with E-state index in [1.165, 1.54) is 15.8 Å². The second-order valence-corrected chi connectivity index (χ2v) is 7.43. The van der Waals surface area contributed by atoms with Gasteiger partial charge in [-0.15, -0.1) is 11.3 Å². The van der Waals surface area contributed by atoms with Crippen LogP contribution < -0.4 is 5.32 Å². The molecule has 3 unspecified atom stereocenters. The van der Waals surface area contributed by atoms with E-state index in [2.05, 4.69) is 36.5 Å². The number of aryl methyl sites for hydroxylation is 1. The molecule has 4 rings (SSSR count). The number of nitrogens with one attached hydrogen (secondary N) is 1. The number of nitro groups is 1. The molecular weight excluding hydrogens is 312 g/mol. The molecule has 23 heavy (non-hydrogen) atoms. The third-order valence-corrected chi connectivity index (χ3v) is 5.80. The number of phenols is 1. The zero-order valence-electron chi connectivity index (χ0n) is 12.5. The average molecular weight is 328 g/mol. The first kappa shape index (κ1) is 14.3.